The van der Waals surface area contributed by atoms with Gasteiger partial charge < -0.3 is 4.79 Å². The minimum atomic E-state index is -0.0425. The molecule has 0 aliphatic rings. The van der Waals surface area contributed by atoms with Crippen molar-refractivity contribution in [2.24, 2.45) is 0 Å². The standard InChI is InChI=1S/C22H27NO2/c1-2-22(16-10-5-11-17-24)25-23(18-20-12-6-3-7-13-20)19-21-14-8-4-9-15-21/h2-4,6-9,12-15,17,22H,1,5,10-11,16,18-19H2/t22-/m0/s1. The van der Waals surface area contributed by atoms with E-state index in [1.165, 1.54) is 11.1 Å². The number of benzene rings is 2. The first kappa shape index (κ1) is 19.1. The number of rotatable bonds is 12. The minimum Gasteiger partial charge on any atom is -0.303 e. The number of aldehydes is 1. The number of hydroxylamine groups is 2. The Kier molecular flexibility index (Phi) is 8.67. The van der Waals surface area contributed by atoms with E-state index in [4.69, 9.17) is 4.84 Å². The number of unbranched alkanes of at least 4 members (excludes halogenated alkanes) is 2. The largest absolute Gasteiger partial charge is 0.303 e. The third-order valence-electron chi connectivity index (χ3n) is 4.01. The van der Waals surface area contributed by atoms with Gasteiger partial charge in [0, 0.05) is 19.5 Å². The van der Waals surface area contributed by atoms with Gasteiger partial charge in [-0.1, -0.05) is 73.2 Å². The Morgan fingerprint density at radius 3 is 1.96 bits per heavy atom. The second kappa shape index (κ2) is 11.3. The predicted molar refractivity (Wildman–Crippen MR) is 102 cm³/mol. The molecule has 0 fully saturated rings. The van der Waals surface area contributed by atoms with Gasteiger partial charge in [0.15, 0.2) is 0 Å². The molecular formula is C22H27NO2. The fourth-order valence-electron chi connectivity index (χ4n) is 2.68. The quantitative estimate of drug-likeness (QED) is 0.238. The van der Waals surface area contributed by atoms with Crippen molar-refractivity contribution in [2.45, 2.75) is 44.9 Å². The van der Waals surface area contributed by atoms with Crippen LogP contribution in [-0.4, -0.2) is 17.5 Å². The summed E-state index contributed by atoms with van der Waals surface area (Å²) in [7, 11) is 0. The molecule has 0 heterocycles. The molecule has 0 aliphatic carbocycles. The van der Waals surface area contributed by atoms with Crippen LogP contribution >= 0.6 is 0 Å². The van der Waals surface area contributed by atoms with E-state index >= 15 is 0 Å². The summed E-state index contributed by atoms with van der Waals surface area (Å²) >= 11 is 0. The van der Waals surface area contributed by atoms with Crippen molar-refractivity contribution in [3.05, 3.63) is 84.4 Å². The highest BCUT2D eigenvalue weighted by Crippen LogP contribution is 2.15. The van der Waals surface area contributed by atoms with E-state index in [9.17, 15) is 4.79 Å². The first-order valence-electron chi connectivity index (χ1n) is 8.87. The molecule has 2 aromatic carbocycles. The van der Waals surface area contributed by atoms with Gasteiger partial charge in [0.1, 0.15) is 6.29 Å². The van der Waals surface area contributed by atoms with E-state index in [0.29, 0.717) is 19.5 Å². The molecule has 1 atom stereocenters. The molecule has 0 aromatic heterocycles. The number of carbonyl (C=O) groups excluding carboxylic acids is 1. The van der Waals surface area contributed by atoms with Gasteiger partial charge in [0.25, 0.3) is 0 Å². The Bertz CT molecular complexity index is 571. The molecule has 132 valence electrons. The molecule has 0 spiro atoms. The van der Waals surface area contributed by atoms with Crippen molar-refractivity contribution < 1.29 is 9.63 Å². The summed E-state index contributed by atoms with van der Waals surface area (Å²) in [6.07, 6.45) is 6.12. The fourth-order valence-corrected chi connectivity index (χ4v) is 2.68. The van der Waals surface area contributed by atoms with Crippen LogP contribution in [0.5, 0.6) is 0 Å². The molecule has 0 N–H and O–H groups in total. The summed E-state index contributed by atoms with van der Waals surface area (Å²) in [5, 5.41) is 2.00. The van der Waals surface area contributed by atoms with Gasteiger partial charge in [-0.25, -0.2) is 0 Å². The Morgan fingerprint density at radius 1 is 0.920 bits per heavy atom. The van der Waals surface area contributed by atoms with Crippen molar-refractivity contribution in [3.63, 3.8) is 0 Å². The molecule has 0 amide bonds. The molecule has 0 aliphatic heterocycles. The van der Waals surface area contributed by atoms with Crippen molar-refractivity contribution in [2.75, 3.05) is 0 Å². The van der Waals surface area contributed by atoms with Crippen LogP contribution in [0.25, 0.3) is 0 Å². The highest BCUT2D eigenvalue weighted by atomic mass is 16.7. The zero-order valence-corrected chi connectivity index (χ0v) is 14.7. The van der Waals surface area contributed by atoms with Crippen molar-refractivity contribution in [1.82, 2.24) is 5.06 Å². The molecule has 3 nitrogen and oxygen atoms in total. The zero-order valence-electron chi connectivity index (χ0n) is 14.7. The normalized spacial score (nSPS) is 12.0. The van der Waals surface area contributed by atoms with E-state index in [2.05, 4.69) is 30.8 Å². The molecule has 0 saturated heterocycles. The molecule has 0 saturated carbocycles. The lowest BCUT2D eigenvalue weighted by atomic mass is 10.1. The van der Waals surface area contributed by atoms with Crippen molar-refractivity contribution in [1.29, 1.82) is 0 Å². The van der Waals surface area contributed by atoms with E-state index in [1.54, 1.807) is 0 Å². The maximum atomic E-state index is 10.4. The van der Waals surface area contributed by atoms with Crippen LogP contribution in [0.1, 0.15) is 36.8 Å². The van der Waals surface area contributed by atoms with Crippen molar-refractivity contribution >= 4 is 6.29 Å². The highest BCUT2D eigenvalue weighted by molar-refractivity contribution is 5.48. The maximum absolute atomic E-state index is 10.4. The third-order valence-corrected chi connectivity index (χ3v) is 4.01. The third kappa shape index (κ3) is 7.46. The Hall–Kier alpha value is -2.23. The van der Waals surface area contributed by atoms with Gasteiger partial charge in [-0.05, 0) is 24.0 Å². The summed E-state index contributed by atoms with van der Waals surface area (Å²) in [6, 6.07) is 20.6. The second-order valence-corrected chi connectivity index (χ2v) is 6.10. The molecule has 25 heavy (non-hydrogen) atoms. The smallest absolute Gasteiger partial charge is 0.119 e. The van der Waals surface area contributed by atoms with Crippen LogP contribution in [0, 0.1) is 0 Å². The van der Waals surface area contributed by atoms with E-state index in [0.717, 1.165) is 25.5 Å². The second-order valence-electron chi connectivity index (χ2n) is 6.10. The number of hydrogen-bond donors (Lipinski definition) is 0. The fraction of sp³-hybridized carbons (Fsp3) is 0.318. The molecule has 2 rings (SSSR count). The summed E-state index contributed by atoms with van der Waals surface area (Å²) in [6.45, 7) is 5.34. The summed E-state index contributed by atoms with van der Waals surface area (Å²) in [4.78, 5) is 16.7. The van der Waals surface area contributed by atoms with Gasteiger partial charge in [-0.15, -0.1) is 6.58 Å². The average molecular weight is 337 g/mol. The van der Waals surface area contributed by atoms with E-state index in [-0.39, 0.29) is 6.10 Å². The van der Waals surface area contributed by atoms with Gasteiger partial charge in [0.05, 0.1) is 6.10 Å². The predicted octanol–water partition coefficient (Wildman–Crippen LogP) is 4.93. The molecule has 0 bridgehead atoms. The van der Waals surface area contributed by atoms with Crippen molar-refractivity contribution in [3.8, 4) is 0 Å². The molecular weight excluding hydrogens is 310 g/mol. The summed E-state index contributed by atoms with van der Waals surface area (Å²) in [5.74, 6) is 0. The summed E-state index contributed by atoms with van der Waals surface area (Å²) < 4.78 is 0. The van der Waals surface area contributed by atoms with Crippen LogP contribution in [0.4, 0.5) is 0 Å². The number of nitrogens with zero attached hydrogens (tertiary/aromatic N) is 1. The van der Waals surface area contributed by atoms with Crippen LogP contribution in [0.2, 0.25) is 0 Å². The van der Waals surface area contributed by atoms with Gasteiger partial charge in [0.2, 0.25) is 0 Å². The Balaban J connectivity index is 1.99. The topological polar surface area (TPSA) is 29.5 Å². The SMILES string of the molecule is C=C[C@@H](CCCCC=O)ON(Cc1ccccc1)Cc1ccccc1. The molecule has 0 unspecified atom stereocenters. The summed E-state index contributed by atoms with van der Waals surface area (Å²) in [5.41, 5.74) is 2.42. The molecule has 0 radical (unpaired) electrons. The van der Waals surface area contributed by atoms with E-state index in [1.807, 2.05) is 47.5 Å². The lowest BCUT2D eigenvalue weighted by molar-refractivity contribution is -0.199. The van der Waals surface area contributed by atoms with Crippen LogP contribution in [0.3, 0.4) is 0 Å². The average Bonchev–Trinajstić information content (AvgIpc) is 2.66. The first-order valence-corrected chi connectivity index (χ1v) is 8.87. The van der Waals surface area contributed by atoms with Crippen LogP contribution < -0.4 is 0 Å². The van der Waals surface area contributed by atoms with Gasteiger partial charge >= 0.3 is 0 Å². The van der Waals surface area contributed by atoms with Crippen LogP contribution in [0.15, 0.2) is 73.3 Å². The highest BCUT2D eigenvalue weighted by Gasteiger charge is 2.13. The number of hydrogen-bond acceptors (Lipinski definition) is 3. The van der Waals surface area contributed by atoms with E-state index < -0.39 is 0 Å². The first-order chi connectivity index (χ1) is 12.3. The molecule has 3 heteroatoms. The number of carbonyl (C=O) groups is 1. The Labute approximate surface area is 150 Å². The maximum Gasteiger partial charge on any atom is 0.119 e. The lowest BCUT2D eigenvalue weighted by Gasteiger charge is -2.26. The van der Waals surface area contributed by atoms with Gasteiger partial charge in [-0.3, -0.25) is 4.84 Å². The molecule has 2 aromatic rings. The van der Waals surface area contributed by atoms with Gasteiger partial charge in [-0.2, -0.15) is 5.06 Å². The van der Waals surface area contributed by atoms with Crippen LogP contribution in [-0.2, 0) is 22.7 Å². The minimum absolute atomic E-state index is 0.0425. The zero-order chi connectivity index (χ0) is 17.7. The monoisotopic (exact) mass is 337 g/mol. The Morgan fingerprint density at radius 2 is 1.48 bits per heavy atom. The lowest BCUT2D eigenvalue weighted by Crippen LogP contribution is -2.28.